The Balaban J connectivity index is 2.47. The second-order valence-electron chi connectivity index (χ2n) is 6.14. The molecule has 0 saturated heterocycles. The molecule has 1 unspecified atom stereocenters. The molecule has 0 bridgehead atoms. The van der Waals surface area contributed by atoms with E-state index in [9.17, 15) is 0 Å². The first kappa shape index (κ1) is 14.6. The van der Waals surface area contributed by atoms with Gasteiger partial charge in [0.05, 0.1) is 0 Å². The van der Waals surface area contributed by atoms with E-state index in [0.29, 0.717) is 5.92 Å². The maximum Gasteiger partial charge on any atom is 0.0349 e. The van der Waals surface area contributed by atoms with Gasteiger partial charge in [-0.25, -0.2) is 0 Å². The van der Waals surface area contributed by atoms with Gasteiger partial charge in [-0.2, -0.15) is 0 Å². The van der Waals surface area contributed by atoms with Crippen LogP contribution >= 0.6 is 0 Å². The summed E-state index contributed by atoms with van der Waals surface area (Å²) < 4.78 is 0. The fraction of sp³-hybridized carbons (Fsp3) is 0.368. The van der Waals surface area contributed by atoms with Gasteiger partial charge >= 0.3 is 0 Å². The van der Waals surface area contributed by atoms with E-state index in [2.05, 4.69) is 76.2 Å². The van der Waals surface area contributed by atoms with Crippen LogP contribution in [0.3, 0.4) is 0 Å². The number of hydrogen-bond acceptors (Lipinski definition) is 1. The molecule has 0 fully saturated rings. The van der Waals surface area contributed by atoms with Crippen molar-refractivity contribution in [2.75, 3.05) is 5.73 Å². The molecular weight excluding hydrogens is 242 g/mol. The van der Waals surface area contributed by atoms with Crippen LogP contribution in [0.25, 0.3) is 0 Å². The molecule has 0 spiro atoms. The van der Waals surface area contributed by atoms with E-state index in [1.807, 2.05) is 0 Å². The fourth-order valence-corrected chi connectivity index (χ4v) is 2.63. The molecule has 2 aromatic rings. The van der Waals surface area contributed by atoms with Crippen molar-refractivity contribution in [2.45, 2.75) is 45.4 Å². The summed E-state index contributed by atoms with van der Waals surface area (Å²) in [6.07, 6.45) is 1.11. The summed E-state index contributed by atoms with van der Waals surface area (Å²) in [5, 5.41) is 0. The molecule has 0 aliphatic carbocycles. The van der Waals surface area contributed by atoms with Crippen molar-refractivity contribution in [3.63, 3.8) is 0 Å². The molecule has 2 rings (SSSR count). The zero-order chi connectivity index (χ0) is 14.8. The molecule has 0 radical (unpaired) electrons. The summed E-state index contributed by atoms with van der Waals surface area (Å²) >= 11 is 0. The highest BCUT2D eigenvalue weighted by molar-refractivity contribution is 5.53. The lowest BCUT2D eigenvalue weighted by molar-refractivity contribution is 0.636. The maximum atomic E-state index is 6.15. The van der Waals surface area contributed by atoms with Crippen LogP contribution < -0.4 is 5.73 Å². The molecule has 1 nitrogen and oxygen atoms in total. The molecule has 1 heteroatoms. The number of nitrogens with two attached hydrogens (primary N) is 1. The molecule has 20 heavy (non-hydrogen) atoms. The van der Waals surface area contributed by atoms with Crippen LogP contribution in [0.15, 0.2) is 48.5 Å². The topological polar surface area (TPSA) is 26.0 Å². The van der Waals surface area contributed by atoms with Gasteiger partial charge < -0.3 is 5.73 Å². The second-order valence-corrected chi connectivity index (χ2v) is 6.14. The van der Waals surface area contributed by atoms with Gasteiger partial charge in [0.2, 0.25) is 0 Å². The Bertz CT molecular complexity index is 570. The molecule has 0 heterocycles. The van der Waals surface area contributed by atoms with Gasteiger partial charge in [0.25, 0.3) is 0 Å². The summed E-state index contributed by atoms with van der Waals surface area (Å²) in [6.45, 7) is 8.99. The first-order chi connectivity index (χ1) is 9.46. The van der Waals surface area contributed by atoms with Crippen molar-refractivity contribution in [1.29, 1.82) is 0 Å². The van der Waals surface area contributed by atoms with Gasteiger partial charge in [-0.3, -0.25) is 0 Å². The van der Waals surface area contributed by atoms with E-state index in [4.69, 9.17) is 5.73 Å². The Kier molecular flexibility index (Phi) is 4.17. The molecule has 0 aliphatic rings. The van der Waals surface area contributed by atoms with Gasteiger partial charge in [-0.1, -0.05) is 70.2 Å². The van der Waals surface area contributed by atoms with E-state index in [1.165, 1.54) is 16.7 Å². The second kappa shape index (κ2) is 5.70. The van der Waals surface area contributed by atoms with Crippen LogP contribution in [0, 0.1) is 0 Å². The Morgan fingerprint density at radius 2 is 1.65 bits per heavy atom. The molecule has 2 N–H and O–H groups in total. The molecule has 1 atom stereocenters. The predicted molar refractivity (Wildman–Crippen MR) is 88.1 cm³/mol. The number of benzene rings is 2. The lowest BCUT2D eigenvalue weighted by Crippen LogP contribution is -2.19. The number of anilines is 1. The summed E-state index contributed by atoms with van der Waals surface area (Å²) in [5.74, 6) is 0.501. The summed E-state index contributed by atoms with van der Waals surface area (Å²) in [7, 11) is 0. The average molecular weight is 267 g/mol. The van der Waals surface area contributed by atoms with Crippen LogP contribution in [-0.2, 0) is 5.41 Å². The van der Waals surface area contributed by atoms with E-state index >= 15 is 0 Å². The number of hydrogen-bond donors (Lipinski definition) is 1. The maximum absolute atomic E-state index is 6.15. The highest BCUT2D eigenvalue weighted by atomic mass is 14.6. The molecule has 106 valence electrons. The Morgan fingerprint density at radius 1 is 1.00 bits per heavy atom. The highest BCUT2D eigenvalue weighted by Gasteiger charge is 2.24. The Labute approximate surface area is 122 Å². The standard InChI is InChI=1S/C19H25N/c1-5-14(2)17-13-16(11-12-18(17)20)19(3,4)15-9-7-6-8-10-15/h6-14H,5,20H2,1-4H3. The van der Waals surface area contributed by atoms with Crippen molar-refractivity contribution in [2.24, 2.45) is 0 Å². The largest absolute Gasteiger partial charge is 0.398 e. The first-order valence-electron chi connectivity index (χ1n) is 7.42. The predicted octanol–water partition coefficient (Wildman–Crippen LogP) is 5.11. The lowest BCUT2D eigenvalue weighted by Gasteiger charge is -2.27. The molecule has 0 amide bonds. The smallest absolute Gasteiger partial charge is 0.0349 e. The highest BCUT2D eigenvalue weighted by Crippen LogP contribution is 2.35. The molecule has 0 saturated carbocycles. The summed E-state index contributed by atoms with van der Waals surface area (Å²) in [6, 6.07) is 17.2. The third-order valence-corrected chi connectivity index (χ3v) is 4.45. The quantitative estimate of drug-likeness (QED) is 0.765. The molecule has 0 aromatic heterocycles. The fourth-order valence-electron chi connectivity index (χ4n) is 2.63. The Morgan fingerprint density at radius 3 is 2.25 bits per heavy atom. The van der Waals surface area contributed by atoms with Gasteiger partial charge in [0.1, 0.15) is 0 Å². The number of nitrogen functional groups attached to an aromatic ring is 1. The minimum Gasteiger partial charge on any atom is -0.398 e. The normalized spacial score (nSPS) is 13.2. The molecule has 2 aromatic carbocycles. The van der Waals surface area contributed by atoms with Crippen LogP contribution in [0.2, 0.25) is 0 Å². The van der Waals surface area contributed by atoms with Crippen molar-refractivity contribution < 1.29 is 0 Å². The monoisotopic (exact) mass is 267 g/mol. The zero-order valence-corrected chi connectivity index (χ0v) is 13.0. The lowest BCUT2D eigenvalue weighted by atomic mass is 9.77. The molecule has 0 aliphatic heterocycles. The molecular formula is C19H25N. The van der Waals surface area contributed by atoms with Gasteiger partial charge in [0, 0.05) is 11.1 Å². The van der Waals surface area contributed by atoms with Gasteiger partial charge in [-0.05, 0) is 35.1 Å². The third kappa shape index (κ3) is 2.72. The van der Waals surface area contributed by atoms with E-state index < -0.39 is 0 Å². The first-order valence-corrected chi connectivity index (χ1v) is 7.42. The van der Waals surface area contributed by atoms with Crippen molar-refractivity contribution in [3.8, 4) is 0 Å². The Hall–Kier alpha value is -1.76. The van der Waals surface area contributed by atoms with Crippen LogP contribution in [0.1, 0.15) is 56.7 Å². The average Bonchev–Trinajstić information content (AvgIpc) is 2.47. The minimum atomic E-state index is -0.00281. The third-order valence-electron chi connectivity index (χ3n) is 4.45. The van der Waals surface area contributed by atoms with E-state index in [-0.39, 0.29) is 5.41 Å². The summed E-state index contributed by atoms with van der Waals surface area (Å²) in [4.78, 5) is 0. The number of rotatable bonds is 4. The van der Waals surface area contributed by atoms with Crippen molar-refractivity contribution in [3.05, 3.63) is 65.2 Å². The summed E-state index contributed by atoms with van der Waals surface area (Å²) in [5.41, 5.74) is 11.0. The van der Waals surface area contributed by atoms with Crippen LogP contribution in [0.4, 0.5) is 5.69 Å². The van der Waals surface area contributed by atoms with Crippen LogP contribution in [-0.4, -0.2) is 0 Å². The van der Waals surface area contributed by atoms with Crippen LogP contribution in [0.5, 0.6) is 0 Å². The van der Waals surface area contributed by atoms with Crippen molar-refractivity contribution >= 4 is 5.69 Å². The zero-order valence-electron chi connectivity index (χ0n) is 13.0. The minimum absolute atomic E-state index is 0.00281. The van der Waals surface area contributed by atoms with E-state index in [1.54, 1.807) is 0 Å². The van der Waals surface area contributed by atoms with E-state index in [0.717, 1.165) is 12.1 Å². The van der Waals surface area contributed by atoms with Gasteiger partial charge in [0.15, 0.2) is 0 Å². The van der Waals surface area contributed by atoms with Crippen molar-refractivity contribution in [1.82, 2.24) is 0 Å². The SMILES string of the molecule is CCC(C)c1cc(C(C)(C)c2ccccc2)ccc1N. The van der Waals surface area contributed by atoms with Gasteiger partial charge in [-0.15, -0.1) is 0 Å².